The van der Waals surface area contributed by atoms with Crippen LogP contribution in [0.1, 0.15) is 74.4 Å². The Balaban J connectivity index is 1.16. The summed E-state index contributed by atoms with van der Waals surface area (Å²) in [4.78, 5) is 34.4. The van der Waals surface area contributed by atoms with Gasteiger partial charge in [0, 0.05) is 51.9 Å². The number of likely N-dealkylation sites (tertiary alicyclic amines) is 1. The average molecular weight is 684 g/mol. The standard InChI is InChI=1S/C36H38ClN7O3S/c1-21-22(2)48-35-32(21)33(25-7-9-27(37)10-8-25)40-30(34-42-41-23(3)44(34)35)19-31(45)43-16-13-24(14-17-43)20-39-28-11-12-29(36(46)47-4)26(18-28)6-5-15-38/h7-12,18,24,30,39H,13-17,19-20,38H2,1-4H3/t30-/m0/s1. The minimum absolute atomic E-state index is 0.0532. The molecule has 12 heteroatoms. The molecule has 48 heavy (non-hydrogen) atoms. The van der Waals surface area contributed by atoms with Crippen molar-refractivity contribution in [2.24, 2.45) is 16.6 Å². The van der Waals surface area contributed by atoms with Crippen molar-refractivity contribution in [3.05, 3.63) is 91.8 Å². The van der Waals surface area contributed by atoms with E-state index >= 15 is 0 Å². The van der Waals surface area contributed by atoms with Crippen LogP contribution < -0.4 is 11.1 Å². The number of benzene rings is 2. The smallest absolute Gasteiger partial charge is 0.339 e. The Morgan fingerprint density at radius 1 is 1.10 bits per heavy atom. The van der Waals surface area contributed by atoms with E-state index in [0.29, 0.717) is 41.0 Å². The zero-order chi connectivity index (χ0) is 33.9. The number of anilines is 1. The number of aromatic nitrogens is 3. The molecule has 2 aliphatic rings. The minimum atomic E-state index is -0.493. The summed E-state index contributed by atoms with van der Waals surface area (Å²) < 4.78 is 6.97. The fourth-order valence-electron chi connectivity index (χ4n) is 6.27. The van der Waals surface area contributed by atoms with Crippen LogP contribution in [0.15, 0.2) is 47.5 Å². The number of rotatable bonds is 7. The van der Waals surface area contributed by atoms with Crippen molar-refractivity contribution >= 4 is 46.2 Å². The Kier molecular flexibility index (Phi) is 9.96. The molecule has 0 aliphatic carbocycles. The maximum absolute atomic E-state index is 13.8. The first-order chi connectivity index (χ1) is 23.2. The Bertz CT molecular complexity index is 1950. The molecule has 2 aliphatic heterocycles. The van der Waals surface area contributed by atoms with E-state index in [2.05, 4.69) is 45.8 Å². The molecule has 3 N–H and O–H groups in total. The van der Waals surface area contributed by atoms with Gasteiger partial charge in [0.05, 0.1) is 31.4 Å². The van der Waals surface area contributed by atoms with Gasteiger partial charge in [0.1, 0.15) is 16.9 Å². The van der Waals surface area contributed by atoms with Crippen molar-refractivity contribution in [2.45, 2.75) is 46.1 Å². The first-order valence-corrected chi connectivity index (χ1v) is 17.2. The molecule has 2 aromatic heterocycles. The third kappa shape index (κ3) is 6.74. The average Bonchev–Trinajstić information content (AvgIpc) is 3.58. The number of amides is 1. The normalized spacial score (nSPS) is 15.8. The van der Waals surface area contributed by atoms with E-state index in [9.17, 15) is 9.59 Å². The SMILES string of the molecule is COC(=O)c1ccc(NCC2CCN(C(=O)C[C@@H]3N=C(c4ccc(Cl)cc4)c4c(sc(C)c4C)-n4c(C)nnc43)CC2)cc1C#CCN. The highest BCUT2D eigenvalue weighted by atomic mass is 35.5. The first kappa shape index (κ1) is 33.4. The fraction of sp³-hybridized carbons (Fsp3) is 0.361. The number of hydrogen-bond donors (Lipinski definition) is 2. The summed E-state index contributed by atoms with van der Waals surface area (Å²) in [5, 5.41) is 14.1. The van der Waals surface area contributed by atoms with Crippen molar-refractivity contribution in [1.82, 2.24) is 19.7 Å². The number of hydrogen-bond acceptors (Lipinski definition) is 9. The second kappa shape index (κ2) is 14.3. The van der Waals surface area contributed by atoms with Crippen molar-refractivity contribution in [1.29, 1.82) is 0 Å². The van der Waals surface area contributed by atoms with Crippen LogP contribution in [-0.4, -0.2) is 70.5 Å². The Hall–Kier alpha value is -4.50. The molecule has 1 fully saturated rings. The number of piperidine rings is 1. The quantitative estimate of drug-likeness (QED) is 0.191. The van der Waals surface area contributed by atoms with E-state index in [4.69, 9.17) is 27.1 Å². The van der Waals surface area contributed by atoms with Gasteiger partial charge in [-0.1, -0.05) is 35.6 Å². The number of nitrogens with one attached hydrogen (secondary N) is 1. The lowest BCUT2D eigenvalue weighted by Crippen LogP contribution is -2.40. The van der Waals surface area contributed by atoms with Crippen LogP contribution in [-0.2, 0) is 9.53 Å². The number of aryl methyl sites for hydroxylation is 2. The highest BCUT2D eigenvalue weighted by molar-refractivity contribution is 7.15. The largest absolute Gasteiger partial charge is 0.465 e. The molecule has 0 radical (unpaired) electrons. The highest BCUT2D eigenvalue weighted by Gasteiger charge is 2.34. The van der Waals surface area contributed by atoms with Gasteiger partial charge in [-0.15, -0.1) is 21.5 Å². The van der Waals surface area contributed by atoms with Crippen molar-refractivity contribution in [3.63, 3.8) is 0 Å². The van der Waals surface area contributed by atoms with E-state index in [0.717, 1.165) is 58.3 Å². The Labute approximate surface area is 289 Å². The lowest BCUT2D eigenvalue weighted by Gasteiger charge is -2.33. The third-order valence-corrected chi connectivity index (χ3v) is 10.5. The molecular weight excluding hydrogens is 646 g/mol. The minimum Gasteiger partial charge on any atom is -0.465 e. The van der Waals surface area contributed by atoms with Gasteiger partial charge in [-0.05, 0) is 75.4 Å². The zero-order valence-electron chi connectivity index (χ0n) is 27.5. The summed E-state index contributed by atoms with van der Waals surface area (Å²) in [6.45, 7) is 8.44. The number of carbonyl (C=O) groups is 2. The van der Waals surface area contributed by atoms with Gasteiger partial charge in [0.15, 0.2) is 5.82 Å². The topological polar surface area (TPSA) is 128 Å². The van der Waals surface area contributed by atoms with Gasteiger partial charge in [0.25, 0.3) is 0 Å². The number of aliphatic imine (C=N–C) groups is 1. The van der Waals surface area contributed by atoms with Crippen LogP contribution in [0.25, 0.3) is 5.00 Å². The molecule has 248 valence electrons. The van der Waals surface area contributed by atoms with E-state index in [-0.39, 0.29) is 18.9 Å². The molecule has 1 amide bonds. The summed E-state index contributed by atoms with van der Waals surface area (Å²) >= 11 is 7.94. The Morgan fingerprint density at radius 2 is 1.85 bits per heavy atom. The number of methoxy groups -OCH3 is 1. The molecule has 6 rings (SSSR count). The maximum atomic E-state index is 13.8. The van der Waals surface area contributed by atoms with Crippen LogP contribution >= 0.6 is 22.9 Å². The van der Waals surface area contributed by atoms with E-state index in [1.165, 1.54) is 12.0 Å². The molecule has 4 heterocycles. The van der Waals surface area contributed by atoms with Crippen LogP contribution in [0.4, 0.5) is 5.69 Å². The van der Waals surface area contributed by atoms with Gasteiger partial charge in [-0.25, -0.2) is 4.79 Å². The lowest BCUT2D eigenvalue weighted by molar-refractivity contribution is -0.133. The summed E-state index contributed by atoms with van der Waals surface area (Å²) in [5.41, 5.74) is 11.4. The van der Waals surface area contributed by atoms with Gasteiger partial charge in [-0.3, -0.25) is 14.4 Å². The predicted molar refractivity (Wildman–Crippen MR) is 189 cm³/mol. The zero-order valence-corrected chi connectivity index (χ0v) is 29.0. The van der Waals surface area contributed by atoms with Gasteiger partial charge in [0.2, 0.25) is 5.91 Å². The summed E-state index contributed by atoms with van der Waals surface area (Å²) in [6.07, 6.45) is 1.94. The number of halogens is 1. The predicted octanol–water partition coefficient (Wildman–Crippen LogP) is 5.64. The van der Waals surface area contributed by atoms with Crippen LogP contribution in [0, 0.1) is 38.5 Å². The molecule has 0 bridgehead atoms. The fourth-order valence-corrected chi connectivity index (χ4v) is 7.61. The molecule has 0 saturated carbocycles. The number of carbonyl (C=O) groups excluding carboxylic acids is 2. The first-order valence-electron chi connectivity index (χ1n) is 16.0. The van der Waals surface area contributed by atoms with Gasteiger partial charge < -0.3 is 20.7 Å². The highest BCUT2D eigenvalue weighted by Crippen LogP contribution is 2.40. The van der Waals surface area contributed by atoms with Gasteiger partial charge in [-0.2, -0.15) is 0 Å². The van der Waals surface area contributed by atoms with E-state index in [1.807, 2.05) is 48.2 Å². The Morgan fingerprint density at radius 3 is 2.56 bits per heavy atom. The third-order valence-electron chi connectivity index (χ3n) is 9.04. The number of ether oxygens (including phenoxy) is 1. The van der Waals surface area contributed by atoms with E-state index < -0.39 is 12.0 Å². The van der Waals surface area contributed by atoms with Crippen molar-refractivity contribution < 1.29 is 14.3 Å². The number of nitrogens with two attached hydrogens (primary N) is 1. The molecule has 4 aromatic rings. The number of fused-ring (bicyclic) bond motifs is 3. The number of esters is 1. The van der Waals surface area contributed by atoms with Crippen LogP contribution in [0.5, 0.6) is 0 Å². The van der Waals surface area contributed by atoms with Crippen molar-refractivity contribution in [3.8, 4) is 16.8 Å². The number of nitrogens with zero attached hydrogens (tertiary/aromatic N) is 5. The number of thiophene rings is 1. The molecule has 1 saturated heterocycles. The van der Waals surface area contributed by atoms with Crippen molar-refractivity contribution in [2.75, 3.05) is 38.6 Å². The molecule has 2 aromatic carbocycles. The molecular formula is C36H38ClN7O3S. The molecule has 0 unspecified atom stereocenters. The second-order valence-corrected chi connectivity index (χ2v) is 13.7. The van der Waals surface area contributed by atoms with E-state index in [1.54, 1.807) is 17.4 Å². The molecule has 1 atom stereocenters. The molecule has 10 nitrogen and oxygen atoms in total. The summed E-state index contributed by atoms with van der Waals surface area (Å²) in [6, 6.07) is 12.6. The van der Waals surface area contributed by atoms with Crippen LogP contribution in [0.3, 0.4) is 0 Å². The molecule has 0 spiro atoms. The summed E-state index contributed by atoms with van der Waals surface area (Å²) in [5.74, 6) is 7.23. The van der Waals surface area contributed by atoms with Gasteiger partial charge >= 0.3 is 5.97 Å². The summed E-state index contributed by atoms with van der Waals surface area (Å²) in [7, 11) is 1.35. The monoisotopic (exact) mass is 683 g/mol. The lowest BCUT2D eigenvalue weighted by atomic mass is 9.96. The van der Waals surface area contributed by atoms with Crippen LogP contribution in [0.2, 0.25) is 5.02 Å². The maximum Gasteiger partial charge on any atom is 0.339 e. The second-order valence-electron chi connectivity index (χ2n) is 12.1.